The van der Waals surface area contributed by atoms with Gasteiger partial charge in [0.2, 0.25) is 0 Å². The lowest BCUT2D eigenvalue weighted by atomic mass is 9.88. The molecule has 2 atom stereocenters. The van der Waals surface area contributed by atoms with Gasteiger partial charge in [0.05, 0.1) is 11.4 Å². The Morgan fingerprint density at radius 2 is 0.971 bits per heavy atom. The van der Waals surface area contributed by atoms with E-state index in [4.69, 9.17) is 20.4 Å². The van der Waals surface area contributed by atoms with Gasteiger partial charge in [0.25, 0.3) is 0 Å². The van der Waals surface area contributed by atoms with Crippen LogP contribution in [0.1, 0.15) is 102 Å². The normalized spacial score (nSPS) is 14.0. The Morgan fingerprint density at radius 1 is 0.559 bits per heavy atom. The van der Waals surface area contributed by atoms with Crippen LogP contribution in [-0.4, -0.2) is 20.4 Å². The van der Waals surface area contributed by atoms with Crippen molar-refractivity contribution >= 4 is 43.4 Å². The molecule has 34 heavy (non-hydrogen) atoms. The molecule has 0 aliphatic heterocycles. The van der Waals surface area contributed by atoms with Crippen molar-refractivity contribution < 1.29 is 0 Å². The Kier molecular flexibility index (Phi) is 6.58. The van der Waals surface area contributed by atoms with Gasteiger partial charge in [0.1, 0.15) is 11.0 Å². The third-order valence-corrected chi connectivity index (χ3v) is 7.75. The zero-order chi connectivity index (χ0) is 23.7. The van der Waals surface area contributed by atoms with E-state index < -0.39 is 0 Å². The highest BCUT2D eigenvalue weighted by Gasteiger charge is 2.23. The van der Waals surface area contributed by atoms with Gasteiger partial charge in [-0.25, -0.2) is 0 Å². The Morgan fingerprint density at radius 3 is 1.35 bits per heavy atom. The molecule has 0 amide bonds. The zero-order valence-electron chi connectivity index (χ0n) is 21.1. The number of nitrogens with zero attached hydrogens (tertiary/aromatic N) is 4. The summed E-state index contributed by atoms with van der Waals surface area (Å²) in [6.45, 7) is 9.05. The molecule has 0 saturated heterocycles. The first-order valence-electron chi connectivity index (χ1n) is 13.3. The van der Waals surface area contributed by atoms with E-state index in [0.717, 1.165) is 58.9 Å². The summed E-state index contributed by atoms with van der Waals surface area (Å²) >= 11 is 0. The fourth-order valence-corrected chi connectivity index (χ4v) is 5.80. The first-order valence-corrected chi connectivity index (χ1v) is 13.3. The van der Waals surface area contributed by atoms with E-state index in [1.54, 1.807) is 0 Å². The van der Waals surface area contributed by atoms with E-state index in [-0.39, 0.29) is 0 Å². The van der Waals surface area contributed by atoms with E-state index in [0.29, 0.717) is 11.8 Å². The van der Waals surface area contributed by atoms with Crippen LogP contribution in [0.3, 0.4) is 0 Å². The summed E-state index contributed by atoms with van der Waals surface area (Å²) in [5.41, 5.74) is 4.28. The molecule has 0 saturated carbocycles. The minimum Gasteiger partial charge on any atom is -0.154 e. The third-order valence-electron chi connectivity index (χ3n) is 7.75. The average Bonchev–Trinajstić information content (AvgIpc) is 2.88. The number of fused-ring (bicyclic) bond motifs is 2. The SMILES string of the molecule is CCCCC(CC)c1nnc2c3cccc4c(C(CC)CCCC)nnc(c5cccc1c52)c43. The summed E-state index contributed by atoms with van der Waals surface area (Å²) < 4.78 is 0. The molecular formula is C30H36N4. The van der Waals surface area contributed by atoms with Gasteiger partial charge in [-0.3, -0.25) is 0 Å². The van der Waals surface area contributed by atoms with Gasteiger partial charge in [-0.1, -0.05) is 89.8 Å². The van der Waals surface area contributed by atoms with Crippen LogP contribution in [0.4, 0.5) is 0 Å². The molecule has 3 aromatic carbocycles. The molecule has 176 valence electrons. The van der Waals surface area contributed by atoms with Gasteiger partial charge < -0.3 is 0 Å². The highest BCUT2D eigenvalue weighted by molar-refractivity contribution is 6.31. The monoisotopic (exact) mass is 452 g/mol. The number of unbranched alkanes of at least 4 members (excludes halogenated alkanes) is 2. The topological polar surface area (TPSA) is 51.6 Å². The van der Waals surface area contributed by atoms with Crippen LogP contribution in [-0.2, 0) is 0 Å². The zero-order valence-corrected chi connectivity index (χ0v) is 21.1. The standard InChI is InChI=1S/C30H36N4/c1-5-9-13-19(7-3)27-21-15-11-17-23-25(21)29(33-31-27)24-18-12-16-22-26(24)30(23)34-32-28(22)20(8-4)14-10-6-2/h11-12,15-20H,5-10,13-14H2,1-4H3. The molecule has 0 aliphatic rings. The Balaban J connectivity index is 1.81. The van der Waals surface area contributed by atoms with Crippen LogP contribution in [0.15, 0.2) is 36.4 Å². The molecular weight excluding hydrogens is 416 g/mol. The lowest BCUT2D eigenvalue weighted by molar-refractivity contribution is 0.556. The van der Waals surface area contributed by atoms with Gasteiger partial charge in [-0.2, -0.15) is 10.2 Å². The second kappa shape index (κ2) is 9.77. The largest absolute Gasteiger partial charge is 0.154 e. The molecule has 4 heteroatoms. The first-order chi connectivity index (χ1) is 16.7. The average molecular weight is 453 g/mol. The van der Waals surface area contributed by atoms with Crippen LogP contribution in [0.2, 0.25) is 0 Å². The Labute approximate surface area is 202 Å². The van der Waals surface area contributed by atoms with Crippen molar-refractivity contribution in [3.8, 4) is 0 Å². The van der Waals surface area contributed by atoms with Gasteiger partial charge in [0.15, 0.2) is 0 Å². The quantitative estimate of drug-likeness (QED) is 0.157. The molecule has 0 aliphatic carbocycles. The van der Waals surface area contributed by atoms with Crippen molar-refractivity contribution in [2.45, 2.75) is 90.9 Å². The number of hydrogen-bond donors (Lipinski definition) is 0. The van der Waals surface area contributed by atoms with Crippen LogP contribution in [0.25, 0.3) is 43.4 Å². The number of benzene rings is 3. The van der Waals surface area contributed by atoms with Crippen LogP contribution >= 0.6 is 0 Å². The Bertz CT molecular complexity index is 1290. The highest BCUT2D eigenvalue weighted by Crippen LogP contribution is 2.42. The smallest absolute Gasteiger partial charge is 0.102 e. The van der Waals surface area contributed by atoms with Crippen LogP contribution in [0, 0.1) is 0 Å². The molecule has 4 nitrogen and oxygen atoms in total. The predicted octanol–water partition coefficient (Wildman–Crippen LogP) is 8.68. The molecule has 0 radical (unpaired) electrons. The molecule has 5 aromatic rings. The molecule has 5 rings (SSSR count). The summed E-state index contributed by atoms with van der Waals surface area (Å²) in [7, 11) is 0. The predicted molar refractivity (Wildman–Crippen MR) is 144 cm³/mol. The first kappa shape index (κ1) is 22.9. The van der Waals surface area contributed by atoms with Crippen LogP contribution < -0.4 is 0 Å². The lowest BCUT2D eigenvalue weighted by Gasteiger charge is -2.20. The van der Waals surface area contributed by atoms with E-state index >= 15 is 0 Å². The van der Waals surface area contributed by atoms with Crippen LogP contribution in [0.5, 0.6) is 0 Å². The van der Waals surface area contributed by atoms with E-state index in [1.807, 2.05) is 0 Å². The maximum Gasteiger partial charge on any atom is 0.102 e. The van der Waals surface area contributed by atoms with Crippen molar-refractivity contribution in [2.24, 2.45) is 0 Å². The third kappa shape index (κ3) is 3.68. The molecule has 2 aromatic heterocycles. The fraction of sp³-hybridized carbons (Fsp3) is 0.467. The lowest BCUT2D eigenvalue weighted by Crippen LogP contribution is -2.07. The minimum absolute atomic E-state index is 0.436. The maximum absolute atomic E-state index is 4.88. The highest BCUT2D eigenvalue weighted by atomic mass is 15.1. The molecule has 2 heterocycles. The summed E-state index contributed by atoms with van der Waals surface area (Å²) in [5.74, 6) is 0.873. The number of aromatic nitrogens is 4. The molecule has 0 spiro atoms. The van der Waals surface area contributed by atoms with E-state index in [1.165, 1.54) is 47.2 Å². The van der Waals surface area contributed by atoms with Gasteiger partial charge in [-0.05, 0) is 25.7 Å². The molecule has 0 N–H and O–H groups in total. The summed E-state index contributed by atoms with van der Waals surface area (Å²) in [5, 5.41) is 26.7. The van der Waals surface area contributed by atoms with E-state index in [9.17, 15) is 0 Å². The van der Waals surface area contributed by atoms with Gasteiger partial charge >= 0.3 is 0 Å². The molecule has 0 bridgehead atoms. The van der Waals surface area contributed by atoms with Crippen molar-refractivity contribution in [3.05, 3.63) is 47.8 Å². The number of hydrogen-bond acceptors (Lipinski definition) is 4. The number of rotatable bonds is 10. The summed E-state index contributed by atoms with van der Waals surface area (Å²) in [6.07, 6.45) is 9.33. The second-order valence-corrected chi connectivity index (χ2v) is 9.82. The van der Waals surface area contributed by atoms with E-state index in [2.05, 4.69) is 64.1 Å². The maximum atomic E-state index is 4.88. The van der Waals surface area contributed by atoms with Crippen molar-refractivity contribution in [2.75, 3.05) is 0 Å². The van der Waals surface area contributed by atoms with Crippen molar-refractivity contribution in [3.63, 3.8) is 0 Å². The second-order valence-electron chi connectivity index (χ2n) is 9.82. The fourth-order valence-electron chi connectivity index (χ4n) is 5.80. The van der Waals surface area contributed by atoms with Crippen molar-refractivity contribution in [1.82, 2.24) is 20.4 Å². The molecule has 2 unspecified atom stereocenters. The summed E-state index contributed by atoms with van der Waals surface area (Å²) in [4.78, 5) is 0. The molecule has 0 fully saturated rings. The van der Waals surface area contributed by atoms with Gasteiger partial charge in [-0.15, -0.1) is 10.2 Å². The van der Waals surface area contributed by atoms with Gasteiger partial charge in [0, 0.05) is 44.2 Å². The van der Waals surface area contributed by atoms with Crippen molar-refractivity contribution in [1.29, 1.82) is 0 Å². The minimum atomic E-state index is 0.436. The Hall–Kier alpha value is -2.88. The summed E-state index contributed by atoms with van der Waals surface area (Å²) in [6, 6.07) is 13.2.